The summed E-state index contributed by atoms with van der Waals surface area (Å²) in [5.74, 6) is 1.12. The quantitative estimate of drug-likeness (QED) is 0.617. The van der Waals surface area contributed by atoms with E-state index in [1.165, 1.54) is 0 Å². The van der Waals surface area contributed by atoms with Crippen LogP contribution in [0.2, 0.25) is 0 Å². The van der Waals surface area contributed by atoms with Crippen molar-refractivity contribution in [1.29, 1.82) is 0 Å². The minimum Gasteiger partial charge on any atom is -0.493 e. The minimum atomic E-state index is -1.01. The van der Waals surface area contributed by atoms with Gasteiger partial charge < -0.3 is 24.1 Å². The zero-order chi connectivity index (χ0) is 19.6. The van der Waals surface area contributed by atoms with E-state index in [4.69, 9.17) is 18.9 Å². The van der Waals surface area contributed by atoms with Crippen molar-refractivity contribution in [2.75, 3.05) is 27.4 Å². The van der Waals surface area contributed by atoms with Gasteiger partial charge in [0.2, 0.25) is 0 Å². The van der Waals surface area contributed by atoms with E-state index in [9.17, 15) is 9.90 Å². The summed E-state index contributed by atoms with van der Waals surface area (Å²) in [5.41, 5.74) is 0.187. The van der Waals surface area contributed by atoms with Gasteiger partial charge >= 0.3 is 5.97 Å². The van der Waals surface area contributed by atoms with Gasteiger partial charge in [0.15, 0.2) is 23.0 Å². The van der Waals surface area contributed by atoms with Crippen LogP contribution < -0.4 is 18.9 Å². The van der Waals surface area contributed by atoms with Crippen molar-refractivity contribution in [2.24, 2.45) is 0 Å². The highest BCUT2D eigenvalue weighted by molar-refractivity contribution is 6.20. The third kappa shape index (κ3) is 3.07. The summed E-state index contributed by atoms with van der Waals surface area (Å²) in [5, 5.41) is 12.3. The molecule has 0 aromatic heterocycles. The molecule has 0 amide bonds. The molecule has 0 atom stereocenters. The fraction of sp³-hybridized carbons (Fsp3) is 0.286. The first-order valence-electron chi connectivity index (χ1n) is 8.70. The molecule has 6 heteroatoms. The first-order valence-corrected chi connectivity index (χ1v) is 8.70. The van der Waals surface area contributed by atoms with E-state index in [-0.39, 0.29) is 5.56 Å². The lowest BCUT2D eigenvalue weighted by Gasteiger charge is -2.18. The smallest absolute Gasteiger partial charge is 0.336 e. The maximum atomic E-state index is 11.9. The van der Waals surface area contributed by atoms with Crippen LogP contribution in [0.5, 0.6) is 23.0 Å². The summed E-state index contributed by atoms with van der Waals surface area (Å²) in [6.45, 7) is 4.64. The number of benzene rings is 3. The van der Waals surface area contributed by atoms with Crippen molar-refractivity contribution in [3.63, 3.8) is 0 Å². The molecule has 0 spiro atoms. The van der Waals surface area contributed by atoms with Crippen molar-refractivity contribution in [1.82, 2.24) is 0 Å². The van der Waals surface area contributed by atoms with Gasteiger partial charge in [0.05, 0.1) is 33.0 Å². The number of rotatable bonds is 7. The highest BCUT2D eigenvalue weighted by Gasteiger charge is 2.22. The Morgan fingerprint density at radius 1 is 0.889 bits per heavy atom. The molecule has 0 saturated carbocycles. The summed E-state index contributed by atoms with van der Waals surface area (Å²) in [6, 6.07) is 8.68. The number of carboxylic acid groups (broad SMARTS) is 1. The molecule has 142 valence electrons. The Morgan fingerprint density at radius 3 is 2.19 bits per heavy atom. The summed E-state index contributed by atoms with van der Waals surface area (Å²) >= 11 is 0. The first kappa shape index (κ1) is 18.6. The highest BCUT2D eigenvalue weighted by atomic mass is 16.5. The van der Waals surface area contributed by atoms with Gasteiger partial charge in [-0.25, -0.2) is 4.79 Å². The predicted octanol–water partition coefficient (Wildman–Crippen LogP) is 4.51. The molecule has 1 N–H and O–H groups in total. The third-order valence-corrected chi connectivity index (χ3v) is 4.36. The standard InChI is InChI=1S/C21H22O6/c1-5-26-16-9-7-12-11-14(21(22)23)13-8-10-15(24-3)20(27-6-2)18(13)17(12)19(16)25-4/h7-11H,5-6H2,1-4H3,(H,22,23). The lowest BCUT2D eigenvalue weighted by atomic mass is 9.95. The largest absolute Gasteiger partial charge is 0.493 e. The Labute approximate surface area is 157 Å². The van der Waals surface area contributed by atoms with E-state index in [0.717, 1.165) is 10.8 Å². The van der Waals surface area contributed by atoms with Crippen molar-refractivity contribution in [3.8, 4) is 23.0 Å². The van der Waals surface area contributed by atoms with Crippen LogP contribution in [0.15, 0.2) is 30.3 Å². The van der Waals surface area contributed by atoms with Gasteiger partial charge in [0.1, 0.15) is 0 Å². The second kappa shape index (κ2) is 7.61. The second-order valence-electron chi connectivity index (χ2n) is 5.81. The Hall–Kier alpha value is -3.15. The van der Waals surface area contributed by atoms with Crippen LogP contribution in [0.25, 0.3) is 21.5 Å². The molecule has 27 heavy (non-hydrogen) atoms. The third-order valence-electron chi connectivity index (χ3n) is 4.36. The normalized spacial score (nSPS) is 10.8. The number of carboxylic acids is 1. The summed E-state index contributed by atoms with van der Waals surface area (Å²) < 4.78 is 22.7. The van der Waals surface area contributed by atoms with Gasteiger partial charge in [-0.15, -0.1) is 0 Å². The number of methoxy groups -OCH3 is 2. The molecule has 3 aromatic rings. The predicted molar refractivity (Wildman–Crippen MR) is 104 cm³/mol. The molecule has 0 bridgehead atoms. The van der Waals surface area contributed by atoms with E-state index >= 15 is 0 Å². The molecule has 0 aliphatic carbocycles. The summed E-state index contributed by atoms with van der Waals surface area (Å²) in [6.07, 6.45) is 0. The number of fused-ring (bicyclic) bond motifs is 3. The molecule has 0 heterocycles. The maximum absolute atomic E-state index is 11.9. The van der Waals surface area contributed by atoms with Crippen molar-refractivity contribution in [3.05, 3.63) is 35.9 Å². The van der Waals surface area contributed by atoms with Crippen LogP contribution in [0.1, 0.15) is 24.2 Å². The van der Waals surface area contributed by atoms with Crippen molar-refractivity contribution < 1.29 is 28.8 Å². The van der Waals surface area contributed by atoms with Gasteiger partial charge in [0, 0.05) is 16.2 Å². The highest BCUT2D eigenvalue weighted by Crippen LogP contribution is 2.47. The Bertz CT molecular complexity index is 1010. The SMILES string of the molecule is CCOc1ccc2cc(C(=O)O)c3ccc(OC)c(OCC)c3c2c1OC. The molecular formula is C21H22O6. The zero-order valence-electron chi connectivity index (χ0n) is 15.8. The van der Waals surface area contributed by atoms with Crippen LogP contribution in [-0.2, 0) is 0 Å². The molecule has 0 radical (unpaired) electrons. The number of hydrogen-bond acceptors (Lipinski definition) is 5. The molecule has 3 rings (SSSR count). The Morgan fingerprint density at radius 2 is 1.59 bits per heavy atom. The Balaban J connectivity index is 2.59. The van der Waals surface area contributed by atoms with Crippen LogP contribution in [-0.4, -0.2) is 38.5 Å². The maximum Gasteiger partial charge on any atom is 0.336 e. The molecule has 6 nitrogen and oxygen atoms in total. The number of aromatic carboxylic acids is 1. The van der Waals surface area contributed by atoms with Gasteiger partial charge in [-0.3, -0.25) is 0 Å². The van der Waals surface area contributed by atoms with Crippen LogP contribution in [0, 0.1) is 0 Å². The van der Waals surface area contributed by atoms with Crippen LogP contribution >= 0.6 is 0 Å². The van der Waals surface area contributed by atoms with Crippen molar-refractivity contribution in [2.45, 2.75) is 13.8 Å². The topological polar surface area (TPSA) is 74.2 Å². The first-order chi connectivity index (χ1) is 13.1. The fourth-order valence-corrected chi connectivity index (χ4v) is 3.32. The second-order valence-corrected chi connectivity index (χ2v) is 5.81. The van der Waals surface area contributed by atoms with Gasteiger partial charge in [0.25, 0.3) is 0 Å². The average molecular weight is 370 g/mol. The monoisotopic (exact) mass is 370 g/mol. The number of carbonyl (C=O) groups is 1. The van der Waals surface area contributed by atoms with Gasteiger partial charge in [-0.05, 0) is 43.5 Å². The molecule has 0 aliphatic rings. The lowest BCUT2D eigenvalue weighted by molar-refractivity contribution is 0.0699. The van der Waals surface area contributed by atoms with Crippen molar-refractivity contribution >= 4 is 27.5 Å². The fourth-order valence-electron chi connectivity index (χ4n) is 3.32. The summed E-state index contributed by atoms with van der Waals surface area (Å²) in [4.78, 5) is 11.9. The van der Waals surface area contributed by atoms with E-state index in [1.807, 2.05) is 19.9 Å². The summed E-state index contributed by atoms with van der Waals surface area (Å²) in [7, 11) is 3.12. The molecule has 0 saturated heterocycles. The van der Waals surface area contributed by atoms with Crippen LogP contribution in [0.3, 0.4) is 0 Å². The molecule has 3 aromatic carbocycles. The van der Waals surface area contributed by atoms with E-state index in [0.29, 0.717) is 47.0 Å². The lowest BCUT2D eigenvalue weighted by Crippen LogP contribution is -2.03. The van der Waals surface area contributed by atoms with E-state index in [2.05, 4.69) is 0 Å². The number of ether oxygens (including phenoxy) is 4. The average Bonchev–Trinajstić information content (AvgIpc) is 2.67. The molecular weight excluding hydrogens is 348 g/mol. The zero-order valence-corrected chi connectivity index (χ0v) is 15.8. The van der Waals surface area contributed by atoms with Gasteiger partial charge in [-0.2, -0.15) is 0 Å². The minimum absolute atomic E-state index is 0.187. The van der Waals surface area contributed by atoms with E-state index < -0.39 is 5.97 Å². The molecule has 0 aliphatic heterocycles. The van der Waals surface area contributed by atoms with E-state index in [1.54, 1.807) is 38.5 Å². The number of hydrogen-bond donors (Lipinski definition) is 1. The molecule has 0 fully saturated rings. The van der Waals surface area contributed by atoms with Gasteiger partial charge in [-0.1, -0.05) is 6.07 Å². The van der Waals surface area contributed by atoms with Crippen LogP contribution in [0.4, 0.5) is 0 Å². The Kier molecular flexibility index (Phi) is 5.26. The molecule has 0 unspecified atom stereocenters.